The molecule has 0 aliphatic carbocycles. The minimum absolute atomic E-state index is 0.129. The molecule has 22 heavy (non-hydrogen) atoms. The fourth-order valence-electron chi connectivity index (χ4n) is 2.83. The van der Waals surface area contributed by atoms with Crippen LogP contribution in [-0.4, -0.2) is 16.9 Å². The van der Waals surface area contributed by atoms with Crippen molar-refractivity contribution in [1.82, 2.24) is 5.32 Å². The van der Waals surface area contributed by atoms with E-state index in [1.165, 1.54) is 0 Å². The molecule has 1 aliphatic rings. The molecule has 1 amide bonds. The van der Waals surface area contributed by atoms with Gasteiger partial charge in [-0.3, -0.25) is 14.9 Å². The Bertz CT molecular complexity index is 683. The van der Waals surface area contributed by atoms with Crippen LogP contribution in [0.1, 0.15) is 24.4 Å². The van der Waals surface area contributed by atoms with Gasteiger partial charge in [-0.1, -0.05) is 54.6 Å². The summed E-state index contributed by atoms with van der Waals surface area (Å²) in [7, 11) is 0. The van der Waals surface area contributed by atoms with E-state index >= 15 is 0 Å². The summed E-state index contributed by atoms with van der Waals surface area (Å²) >= 11 is 0. The lowest BCUT2D eigenvalue weighted by Gasteiger charge is -2.26. The van der Waals surface area contributed by atoms with Crippen molar-refractivity contribution < 1.29 is 9.72 Å². The number of hydrogen-bond donors (Lipinski definition) is 1. The Hall–Kier alpha value is -2.69. The first-order valence-electron chi connectivity index (χ1n) is 7.23. The van der Waals surface area contributed by atoms with Crippen molar-refractivity contribution in [2.75, 3.05) is 0 Å². The topological polar surface area (TPSA) is 72.2 Å². The zero-order chi connectivity index (χ0) is 15.5. The lowest BCUT2D eigenvalue weighted by molar-refractivity contribution is -0.529. The Morgan fingerprint density at radius 3 is 2.27 bits per heavy atom. The van der Waals surface area contributed by atoms with Gasteiger partial charge in [-0.15, -0.1) is 0 Å². The highest BCUT2D eigenvalue weighted by Crippen LogP contribution is 2.28. The molecule has 2 aromatic carbocycles. The molecule has 0 bridgehead atoms. The molecule has 1 saturated heterocycles. The zero-order valence-electron chi connectivity index (χ0n) is 11.9. The molecule has 0 spiro atoms. The van der Waals surface area contributed by atoms with Crippen LogP contribution >= 0.6 is 0 Å². The summed E-state index contributed by atoms with van der Waals surface area (Å²) in [4.78, 5) is 22.5. The Balaban J connectivity index is 1.87. The standard InChI is InChI=1S/C17H16N2O3/c20-16-11-10-15(19(21)22)17(18-16)14-8-6-13(7-9-14)12-4-2-1-3-5-12/h1-9,15,17H,10-11H2,(H,18,20)/t15-,17-/m0/s1. The molecule has 0 saturated carbocycles. The molecule has 0 aromatic heterocycles. The van der Waals surface area contributed by atoms with Crippen LogP contribution in [-0.2, 0) is 4.79 Å². The first-order valence-corrected chi connectivity index (χ1v) is 7.23. The molecule has 5 heteroatoms. The third kappa shape index (κ3) is 2.83. The molecule has 3 rings (SSSR count). The van der Waals surface area contributed by atoms with Crippen molar-refractivity contribution in [2.24, 2.45) is 0 Å². The van der Waals surface area contributed by atoms with Gasteiger partial charge in [-0.05, 0) is 16.7 Å². The van der Waals surface area contributed by atoms with Crippen LogP contribution in [0.25, 0.3) is 11.1 Å². The molecular weight excluding hydrogens is 280 g/mol. The third-order valence-corrected chi connectivity index (χ3v) is 4.02. The van der Waals surface area contributed by atoms with E-state index in [0.29, 0.717) is 0 Å². The predicted octanol–water partition coefficient (Wildman–Crippen LogP) is 2.95. The molecule has 0 radical (unpaired) electrons. The van der Waals surface area contributed by atoms with Crippen molar-refractivity contribution >= 4 is 5.91 Å². The van der Waals surface area contributed by atoms with Crippen molar-refractivity contribution in [1.29, 1.82) is 0 Å². The maximum atomic E-state index is 11.6. The molecule has 0 unspecified atom stereocenters. The Kier molecular flexibility index (Phi) is 3.87. The number of carbonyl (C=O) groups excluding carboxylic acids is 1. The van der Waals surface area contributed by atoms with Gasteiger partial charge >= 0.3 is 0 Å². The van der Waals surface area contributed by atoms with Crippen LogP contribution in [0.5, 0.6) is 0 Å². The minimum Gasteiger partial charge on any atom is -0.343 e. The second kappa shape index (κ2) is 5.97. The molecule has 1 fully saturated rings. The van der Waals surface area contributed by atoms with Crippen molar-refractivity contribution in [3.8, 4) is 11.1 Å². The molecule has 2 aromatic rings. The van der Waals surface area contributed by atoms with Gasteiger partial charge in [0.15, 0.2) is 0 Å². The van der Waals surface area contributed by atoms with Crippen LogP contribution in [0, 0.1) is 10.1 Å². The fraction of sp³-hybridized carbons (Fsp3) is 0.235. The first kappa shape index (κ1) is 14.3. The van der Waals surface area contributed by atoms with Crippen LogP contribution in [0.4, 0.5) is 0 Å². The van der Waals surface area contributed by atoms with E-state index in [0.717, 1.165) is 16.7 Å². The summed E-state index contributed by atoms with van der Waals surface area (Å²) in [6, 6.07) is 16.2. The molecule has 2 atom stereocenters. The third-order valence-electron chi connectivity index (χ3n) is 4.02. The molecule has 1 N–H and O–H groups in total. The van der Waals surface area contributed by atoms with Gasteiger partial charge < -0.3 is 5.32 Å². The molecule has 112 valence electrons. The van der Waals surface area contributed by atoms with E-state index in [2.05, 4.69) is 5.32 Å². The lowest BCUT2D eigenvalue weighted by atomic mass is 9.91. The molecular formula is C17H16N2O3. The quantitative estimate of drug-likeness (QED) is 0.699. The average Bonchev–Trinajstić information content (AvgIpc) is 2.55. The van der Waals surface area contributed by atoms with Gasteiger partial charge in [0.1, 0.15) is 6.04 Å². The SMILES string of the molecule is O=C1CC[C@H]([N+](=O)[O-])[C@H](c2ccc(-c3ccccc3)cc2)N1. The largest absolute Gasteiger partial charge is 0.343 e. The zero-order valence-corrected chi connectivity index (χ0v) is 11.9. The summed E-state index contributed by atoms with van der Waals surface area (Å²) in [5.41, 5.74) is 2.91. The fourth-order valence-corrected chi connectivity index (χ4v) is 2.83. The molecule has 1 aliphatic heterocycles. The van der Waals surface area contributed by atoms with Crippen LogP contribution in [0.2, 0.25) is 0 Å². The number of nitrogens with one attached hydrogen (secondary N) is 1. The Morgan fingerprint density at radius 2 is 1.64 bits per heavy atom. The highest BCUT2D eigenvalue weighted by molar-refractivity contribution is 5.77. The molecule has 1 heterocycles. The number of benzene rings is 2. The van der Waals surface area contributed by atoms with E-state index in [1.54, 1.807) is 0 Å². The number of hydrogen-bond acceptors (Lipinski definition) is 3. The number of nitrogens with zero attached hydrogens (tertiary/aromatic N) is 1. The van der Waals surface area contributed by atoms with Crippen LogP contribution in [0.15, 0.2) is 54.6 Å². The van der Waals surface area contributed by atoms with Gasteiger partial charge in [-0.2, -0.15) is 0 Å². The second-order valence-electron chi connectivity index (χ2n) is 5.42. The van der Waals surface area contributed by atoms with Gasteiger partial charge in [-0.25, -0.2) is 0 Å². The maximum absolute atomic E-state index is 11.6. The van der Waals surface area contributed by atoms with E-state index in [9.17, 15) is 14.9 Å². The number of rotatable bonds is 3. The Morgan fingerprint density at radius 1 is 1.00 bits per heavy atom. The highest BCUT2D eigenvalue weighted by atomic mass is 16.6. The average molecular weight is 296 g/mol. The van der Waals surface area contributed by atoms with Gasteiger partial charge in [0.25, 0.3) is 0 Å². The van der Waals surface area contributed by atoms with Crippen LogP contribution < -0.4 is 5.32 Å². The van der Waals surface area contributed by atoms with E-state index in [1.807, 2.05) is 54.6 Å². The second-order valence-corrected chi connectivity index (χ2v) is 5.42. The van der Waals surface area contributed by atoms with Gasteiger partial charge in [0.2, 0.25) is 11.9 Å². The first-order chi connectivity index (χ1) is 10.6. The predicted molar refractivity (Wildman–Crippen MR) is 82.8 cm³/mol. The lowest BCUT2D eigenvalue weighted by Crippen LogP contribution is -2.45. The van der Waals surface area contributed by atoms with E-state index < -0.39 is 12.1 Å². The normalized spacial score (nSPS) is 21.2. The minimum atomic E-state index is -0.764. The van der Waals surface area contributed by atoms with Crippen LogP contribution in [0.3, 0.4) is 0 Å². The van der Waals surface area contributed by atoms with Gasteiger partial charge in [0.05, 0.1) is 0 Å². The summed E-state index contributed by atoms with van der Waals surface area (Å²) in [5, 5.41) is 13.9. The highest BCUT2D eigenvalue weighted by Gasteiger charge is 2.37. The monoisotopic (exact) mass is 296 g/mol. The maximum Gasteiger partial charge on any atom is 0.237 e. The van der Waals surface area contributed by atoms with E-state index in [-0.39, 0.29) is 23.7 Å². The number of amides is 1. The Labute approximate surface area is 128 Å². The number of piperidine rings is 1. The number of carbonyl (C=O) groups is 1. The van der Waals surface area contributed by atoms with Gasteiger partial charge in [0, 0.05) is 17.8 Å². The van der Waals surface area contributed by atoms with Crippen molar-refractivity contribution in [2.45, 2.75) is 24.9 Å². The van der Waals surface area contributed by atoms with Crippen molar-refractivity contribution in [3.63, 3.8) is 0 Å². The summed E-state index contributed by atoms with van der Waals surface area (Å²) < 4.78 is 0. The summed E-state index contributed by atoms with van der Waals surface area (Å²) in [5.74, 6) is -0.129. The summed E-state index contributed by atoms with van der Waals surface area (Å²) in [6.45, 7) is 0. The number of nitro groups is 1. The van der Waals surface area contributed by atoms with Crippen molar-refractivity contribution in [3.05, 3.63) is 70.3 Å². The smallest absolute Gasteiger partial charge is 0.237 e. The van der Waals surface area contributed by atoms with E-state index in [4.69, 9.17) is 0 Å². The molecule has 5 nitrogen and oxygen atoms in total. The summed E-state index contributed by atoms with van der Waals surface area (Å²) in [6.07, 6.45) is 0.494.